The number of rotatable bonds is 3. The number of carbonyl (C=O) groups excluding carboxylic acids is 1. The first-order valence-electron chi connectivity index (χ1n) is 6.73. The van der Waals surface area contributed by atoms with Crippen molar-refractivity contribution in [3.63, 3.8) is 0 Å². The molecule has 6 nitrogen and oxygen atoms in total. The van der Waals surface area contributed by atoms with Crippen molar-refractivity contribution >= 4 is 15.7 Å². The van der Waals surface area contributed by atoms with E-state index in [1.165, 1.54) is 6.26 Å². The number of hydrogen-bond acceptors (Lipinski definition) is 4. The van der Waals surface area contributed by atoms with Gasteiger partial charge >= 0.3 is 0 Å². The van der Waals surface area contributed by atoms with Crippen molar-refractivity contribution in [3.05, 3.63) is 17.5 Å². The summed E-state index contributed by atoms with van der Waals surface area (Å²) in [5.74, 6) is 0.150. The Morgan fingerprint density at radius 1 is 1.50 bits per heavy atom. The maximum atomic E-state index is 12.5. The molecule has 0 unspecified atom stereocenters. The minimum Gasteiger partial charge on any atom is -0.338 e. The van der Waals surface area contributed by atoms with Crippen LogP contribution in [0.15, 0.2) is 6.20 Å². The molecule has 0 bridgehead atoms. The van der Waals surface area contributed by atoms with Gasteiger partial charge in [-0.2, -0.15) is 5.10 Å². The Hall–Kier alpha value is -1.37. The molecule has 0 aromatic carbocycles. The summed E-state index contributed by atoms with van der Waals surface area (Å²) in [6.45, 7) is 3.06. The lowest BCUT2D eigenvalue weighted by Gasteiger charge is -2.32. The zero-order valence-electron chi connectivity index (χ0n) is 12.2. The van der Waals surface area contributed by atoms with Gasteiger partial charge < -0.3 is 4.90 Å². The molecule has 0 saturated carbocycles. The van der Waals surface area contributed by atoms with Crippen molar-refractivity contribution < 1.29 is 13.2 Å². The number of likely N-dealkylation sites (tertiary alicyclic amines) is 1. The van der Waals surface area contributed by atoms with E-state index in [0.29, 0.717) is 18.7 Å². The summed E-state index contributed by atoms with van der Waals surface area (Å²) >= 11 is 0. The molecule has 2 rings (SSSR count). The number of hydrogen-bond donors (Lipinski definition) is 0. The van der Waals surface area contributed by atoms with Crippen LogP contribution in [0.25, 0.3) is 0 Å². The summed E-state index contributed by atoms with van der Waals surface area (Å²) in [5, 5.41) is 4.08. The fourth-order valence-corrected chi connectivity index (χ4v) is 3.82. The van der Waals surface area contributed by atoms with E-state index < -0.39 is 9.84 Å². The van der Waals surface area contributed by atoms with Gasteiger partial charge in [0.2, 0.25) is 0 Å². The molecule has 1 aromatic heterocycles. The summed E-state index contributed by atoms with van der Waals surface area (Å²) in [6.07, 6.45) is 4.55. The van der Waals surface area contributed by atoms with Crippen LogP contribution in [0.4, 0.5) is 0 Å². The van der Waals surface area contributed by atoms with Crippen LogP contribution in [0.2, 0.25) is 0 Å². The third-order valence-electron chi connectivity index (χ3n) is 3.81. The van der Waals surface area contributed by atoms with Crippen LogP contribution < -0.4 is 0 Å². The first kappa shape index (κ1) is 15.0. The van der Waals surface area contributed by atoms with E-state index in [1.54, 1.807) is 22.8 Å². The molecule has 1 atom stereocenters. The largest absolute Gasteiger partial charge is 0.338 e. The van der Waals surface area contributed by atoms with Crippen molar-refractivity contribution in [1.82, 2.24) is 14.7 Å². The molecule has 1 amide bonds. The molecular weight excluding hydrogens is 278 g/mol. The van der Waals surface area contributed by atoms with Gasteiger partial charge in [-0.05, 0) is 25.7 Å². The van der Waals surface area contributed by atoms with Crippen molar-refractivity contribution in [2.24, 2.45) is 13.0 Å². The van der Waals surface area contributed by atoms with Crippen LogP contribution in [-0.2, 0) is 16.9 Å². The summed E-state index contributed by atoms with van der Waals surface area (Å²) in [4.78, 5) is 14.2. The lowest BCUT2D eigenvalue weighted by molar-refractivity contribution is 0.0683. The Bertz CT molecular complexity index is 606. The number of aromatic nitrogens is 2. The van der Waals surface area contributed by atoms with Gasteiger partial charge in [0.1, 0.15) is 9.84 Å². The number of carbonyl (C=O) groups is 1. The van der Waals surface area contributed by atoms with Gasteiger partial charge in [0.25, 0.3) is 5.91 Å². The monoisotopic (exact) mass is 299 g/mol. The molecule has 0 spiro atoms. The van der Waals surface area contributed by atoms with Gasteiger partial charge in [0.15, 0.2) is 0 Å². The highest BCUT2D eigenvalue weighted by Crippen LogP contribution is 2.20. The summed E-state index contributed by atoms with van der Waals surface area (Å²) < 4.78 is 24.4. The molecule has 0 N–H and O–H groups in total. The number of piperidine rings is 1. The summed E-state index contributed by atoms with van der Waals surface area (Å²) in [5.41, 5.74) is 1.44. The fraction of sp³-hybridized carbons (Fsp3) is 0.692. The van der Waals surface area contributed by atoms with E-state index >= 15 is 0 Å². The quantitative estimate of drug-likeness (QED) is 0.820. The molecule has 1 saturated heterocycles. The molecule has 112 valence electrons. The second-order valence-corrected chi connectivity index (χ2v) is 7.80. The third kappa shape index (κ3) is 3.39. The summed E-state index contributed by atoms with van der Waals surface area (Å²) in [6, 6.07) is 0. The van der Waals surface area contributed by atoms with Gasteiger partial charge in [0, 0.05) is 32.1 Å². The van der Waals surface area contributed by atoms with Crippen LogP contribution in [0.5, 0.6) is 0 Å². The van der Waals surface area contributed by atoms with Gasteiger partial charge in [-0.25, -0.2) is 8.42 Å². The molecule has 1 aliphatic heterocycles. The average molecular weight is 299 g/mol. The van der Waals surface area contributed by atoms with Gasteiger partial charge in [-0.3, -0.25) is 9.48 Å². The van der Waals surface area contributed by atoms with E-state index in [-0.39, 0.29) is 17.6 Å². The lowest BCUT2D eigenvalue weighted by atomic mass is 9.99. The Morgan fingerprint density at radius 2 is 2.20 bits per heavy atom. The van der Waals surface area contributed by atoms with Crippen LogP contribution in [0.3, 0.4) is 0 Å². The highest BCUT2D eigenvalue weighted by Gasteiger charge is 2.28. The molecule has 20 heavy (non-hydrogen) atoms. The molecule has 1 aliphatic rings. The predicted molar refractivity (Wildman–Crippen MR) is 76.3 cm³/mol. The van der Waals surface area contributed by atoms with Crippen LogP contribution in [0, 0.1) is 12.8 Å². The van der Waals surface area contributed by atoms with Gasteiger partial charge in [-0.1, -0.05) is 0 Å². The minimum absolute atomic E-state index is 0.0414. The lowest BCUT2D eigenvalue weighted by Crippen LogP contribution is -2.41. The van der Waals surface area contributed by atoms with Crippen molar-refractivity contribution in [2.75, 3.05) is 25.1 Å². The standard InChI is InChI=1S/C13H21N3O3S/c1-10-12(7-14-15(10)2)13(17)16-6-4-5-11(8-16)9-20(3,18)19/h7,11H,4-6,8-9H2,1-3H3/t11-/m1/s1. The Labute approximate surface area is 119 Å². The fourth-order valence-electron chi connectivity index (χ4n) is 2.69. The molecule has 1 fully saturated rings. The van der Waals surface area contributed by atoms with Gasteiger partial charge in [-0.15, -0.1) is 0 Å². The number of amides is 1. The number of nitrogens with zero attached hydrogens (tertiary/aromatic N) is 3. The molecule has 7 heteroatoms. The predicted octanol–water partition coefficient (Wildman–Crippen LogP) is 0.625. The maximum Gasteiger partial charge on any atom is 0.257 e. The number of aryl methyl sites for hydroxylation is 1. The van der Waals surface area contributed by atoms with Crippen LogP contribution in [-0.4, -0.2) is 54.1 Å². The Balaban J connectivity index is 2.09. The van der Waals surface area contributed by atoms with Crippen LogP contribution in [0.1, 0.15) is 28.9 Å². The highest BCUT2D eigenvalue weighted by molar-refractivity contribution is 7.90. The van der Waals surface area contributed by atoms with Crippen LogP contribution >= 0.6 is 0 Å². The number of sulfone groups is 1. The average Bonchev–Trinajstić information content (AvgIpc) is 2.67. The van der Waals surface area contributed by atoms with Gasteiger partial charge in [0.05, 0.1) is 17.5 Å². The van der Waals surface area contributed by atoms with Crippen molar-refractivity contribution in [2.45, 2.75) is 19.8 Å². The van der Waals surface area contributed by atoms with E-state index in [0.717, 1.165) is 18.5 Å². The molecule has 0 radical (unpaired) electrons. The van der Waals surface area contributed by atoms with Crippen molar-refractivity contribution in [1.29, 1.82) is 0 Å². The first-order chi connectivity index (χ1) is 9.28. The third-order valence-corrected chi connectivity index (χ3v) is 4.89. The molecule has 2 heterocycles. The Morgan fingerprint density at radius 3 is 2.75 bits per heavy atom. The minimum atomic E-state index is -3.00. The maximum absolute atomic E-state index is 12.5. The van der Waals surface area contributed by atoms with E-state index in [1.807, 2.05) is 6.92 Å². The zero-order chi connectivity index (χ0) is 14.9. The van der Waals surface area contributed by atoms with E-state index in [4.69, 9.17) is 0 Å². The molecular formula is C13H21N3O3S. The SMILES string of the molecule is Cc1c(C(=O)N2CCC[C@@H](CS(C)(=O)=O)C2)cnn1C. The second kappa shape index (κ2) is 5.55. The van der Waals surface area contributed by atoms with E-state index in [2.05, 4.69) is 5.10 Å². The summed E-state index contributed by atoms with van der Waals surface area (Å²) in [7, 11) is -1.20. The zero-order valence-corrected chi connectivity index (χ0v) is 13.0. The smallest absolute Gasteiger partial charge is 0.257 e. The molecule has 0 aliphatic carbocycles. The molecule has 1 aromatic rings. The van der Waals surface area contributed by atoms with E-state index in [9.17, 15) is 13.2 Å². The first-order valence-corrected chi connectivity index (χ1v) is 8.79. The van der Waals surface area contributed by atoms with Crippen molar-refractivity contribution in [3.8, 4) is 0 Å². The highest BCUT2D eigenvalue weighted by atomic mass is 32.2. The second-order valence-electron chi connectivity index (χ2n) is 5.62. The Kier molecular flexibility index (Phi) is 4.17. The topological polar surface area (TPSA) is 72.3 Å². The normalized spacial score (nSPS) is 20.1.